The Morgan fingerprint density at radius 1 is 1.33 bits per heavy atom. The van der Waals surface area contributed by atoms with Crippen LogP contribution < -0.4 is 15.8 Å². The number of carboxylic acids is 1. The predicted octanol–water partition coefficient (Wildman–Crippen LogP) is 0.127. The Balaban J connectivity index is 2.58. The number of benzene rings is 1. The van der Waals surface area contributed by atoms with Crippen LogP contribution in [-0.4, -0.2) is 35.5 Å². The lowest BCUT2D eigenvalue weighted by Crippen LogP contribution is -2.45. The minimum atomic E-state index is -1.35. The van der Waals surface area contributed by atoms with E-state index in [1.54, 1.807) is 6.07 Å². The van der Waals surface area contributed by atoms with E-state index in [0.29, 0.717) is 5.75 Å². The highest BCUT2D eigenvalue weighted by molar-refractivity contribution is 5.88. The van der Waals surface area contributed by atoms with Crippen LogP contribution in [0.15, 0.2) is 18.2 Å². The summed E-state index contributed by atoms with van der Waals surface area (Å²) in [5, 5.41) is 11.1. The third kappa shape index (κ3) is 5.52. The predicted molar refractivity (Wildman–Crippen MR) is 74.8 cm³/mol. The van der Waals surface area contributed by atoms with Crippen LogP contribution in [0.25, 0.3) is 0 Å². The Morgan fingerprint density at radius 2 is 2.00 bits per heavy atom. The largest absolute Gasteiger partial charge is 0.483 e. The Hall–Kier alpha value is -2.57. The molecule has 1 aromatic carbocycles. The van der Waals surface area contributed by atoms with Crippen molar-refractivity contribution in [1.82, 2.24) is 5.32 Å². The molecule has 0 aliphatic heterocycles. The molecule has 0 saturated heterocycles. The average Bonchev–Trinajstić information content (AvgIpc) is 2.38. The summed E-state index contributed by atoms with van der Waals surface area (Å²) in [5.41, 5.74) is 6.76. The molecule has 0 radical (unpaired) electrons. The van der Waals surface area contributed by atoms with E-state index >= 15 is 0 Å². The number of hydrogen-bond donors (Lipinski definition) is 3. The van der Waals surface area contributed by atoms with Crippen LogP contribution in [-0.2, 0) is 14.4 Å². The number of amides is 2. The number of nitrogens with two attached hydrogens (primary N) is 1. The van der Waals surface area contributed by atoms with E-state index in [1.807, 2.05) is 26.0 Å². The van der Waals surface area contributed by atoms with Gasteiger partial charge in [-0.3, -0.25) is 9.59 Å². The Labute approximate surface area is 122 Å². The van der Waals surface area contributed by atoms with Gasteiger partial charge in [-0.1, -0.05) is 12.1 Å². The van der Waals surface area contributed by atoms with Crippen molar-refractivity contribution in [2.75, 3.05) is 6.61 Å². The molecule has 2 amide bonds. The molecule has 0 spiro atoms. The molecular weight excluding hydrogens is 276 g/mol. The molecule has 0 saturated carbocycles. The molecule has 7 nitrogen and oxygen atoms in total. The molecule has 0 fully saturated rings. The molecule has 1 aromatic rings. The molecule has 1 rings (SSSR count). The van der Waals surface area contributed by atoms with E-state index in [9.17, 15) is 14.4 Å². The second kappa shape index (κ2) is 7.28. The van der Waals surface area contributed by atoms with Crippen molar-refractivity contribution in [3.63, 3.8) is 0 Å². The van der Waals surface area contributed by atoms with Crippen molar-refractivity contribution < 1.29 is 24.2 Å². The molecule has 114 valence electrons. The zero-order valence-electron chi connectivity index (χ0n) is 11.9. The SMILES string of the molecule is Cc1ccc(C)c(OCC(=O)NC(CC(N)=O)C(=O)O)c1. The first-order chi connectivity index (χ1) is 9.79. The first-order valence-electron chi connectivity index (χ1n) is 6.30. The van der Waals surface area contributed by atoms with Gasteiger partial charge in [0.1, 0.15) is 11.8 Å². The maximum absolute atomic E-state index is 11.7. The fourth-order valence-corrected chi connectivity index (χ4v) is 1.64. The number of carbonyl (C=O) groups is 3. The van der Waals surface area contributed by atoms with Crippen LogP contribution in [0.4, 0.5) is 0 Å². The highest BCUT2D eigenvalue weighted by atomic mass is 16.5. The number of nitrogens with one attached hydrogen (secondary N) is 1. The normalized spacial score (nSPS) is 11.5. The van der Waals surface area contributed by atoms with Crippen LogP contribution in [0.1, 0.15) is 17.5 Å². The number of carboxylic acid groups (broad SMARTS) is 1. The number of rotatable bonds is 7. The lowest BCUT2D eigenvalue weighted by Gasteiger charge is -2.14. The fraction of sp³-hybridized carbons (Fsp3) is 0.357. The molecule has 1 unspecified atom stereocenters. The minimum Gasteiger partial charge on any atom is -0.483 e. The fourth-order valence-electron chi connectivity index (χ4n) is 1.64. The van der Waals surface area contributed by atoms with Crippen LogP contribution in [0, 0.1) is 13.8 Å². The number of carbonyl (C=O) groups excluding carboxylic acids is 2. The van der Waals surface area contributed by atoms with Gasteiger partial charge >= 0.3 is 5.97 Å². The van der Waals surface area contributed by atoms with E-state index < -0.39 is 30.2 Å². The van der Waals surface area contributed by atoms with Gasteiger partial charge in [-0.25, -0.2) is 4.79 Å². The van der Waals surface area contributed by atoms with Crippen LogP contribution in [0.3, 0.4) is 0 Å². The van der Waals surface area contributed by atoms with Crippen LogP contribution >= 0.6 is 0 Å². The molecule has 0 aliphatic rings. The van der Waals surface area contributed by atoms with Gasteiger partial charge in [0.05, 0.1) is 6.42 Å². The lowest BCUT2D eigenvalue weighted by atomic mass is 10.1. The molecular formula is C14H18N2O5. The third-order valence-corrected chi connectivity index (χ3v) is 2.74. The Kier molecular flexibility index (Phi) is 5.71. The maximum Gasteiger partial charge on any atom is 0.326 e. The lowest BCUT2D eigenvalue weighted by molar-refractivity contribution is -0.143. The summed E-state index contributed by atoms with van der Waals surface area (Å²) in [5.74, 6) is -2.22. The van der Waals surface area contributed by atoms with Gasteiger partial charge in [0.2, 0.25) is 5.91 Å². The number of hydrogen-bond acceptors (Lipinski definition) is 4. The van der Waals surface area contributed by atoms with Crippen molar-refractivity contribution in [3.8, 4) is 5.75 Å². The van der Waals surface area contributed by atoms with Crippen molar-refractivity contribution in [1.29, 1.82) is 0 Å². The number of aryl methyl sites for hydroxylation is 2. The van der Waals surface area contributed by atoms with Crippen molar-refractivity contribution >= 4 is 17.8 Å². The highest BCUT2D eigenvalue weighted by Gasteiger charge is 2.22. The van der Waals surface area contributed by atoms with Gasteiger partial charge in [-0.05, 0) is 31.0 Å². The maximum atomic E-state index is 11.7. The van der Waals surface area contributed by atoms with Crippen molar-refractivity contribution in [2.45, 2.75) is 26.3 Å². The van der Waals surface area contributed by atoms with Gasteiger partial charge in [0, 0.05) is 0 Å². The number of ether oxygens (including phenoxy) is 1. The first kappa shape index (κ1) is 16.5. The molecule has 1 atom stereocenters. The van der Waals surface area contributed by atoms with Gasteiger partial charge in [0.15, 0.2) is 6.61 Å². The van der Waals surface area contributed by atoms with Gasteiger partial charge < -0.3 is 20.9 Å². The summed E-state index contributed by atoms with van der Waals surface area (Å²) >= 11 is 0. The van der Waals surface area contributed by atoms with E-state index in [-0.39, 0.29) is 6.61 Å². The number of aliphatic carboxylic acids is 1. The quantitative estimate of drug-likeness (QED) is 0.660. The van der Waals surface area contributed by atoms with E-state index in [4.69, 9.17) is 15.6 Å². The molecule has 0 heterocycles. The van der Waals surface area contributed by atoms with Gasteiger partial charge in [-0.15, -0.1) is 0 Å². The zero-order valence-corrected chi connectivity index (χ0v) is 11.9. The molecule has 7 heteroatoms. The van der Waals surface area contributed by atoms with Gasteiger partial charge in [0.25, 0.3) is 5.91 Å². The van der Waals surface area contributed by atoms with Crippen LogP contribution in [0.5, 0.6) is 5.75 Å². The molecule has 0 aromatic heterocycles. The topological polar surface area (TPSA) is 119 Å². The Morgan fingerprint density at radius 3 is 2.57 bits per heavy atom. The molecule has 4 N–H and O–H groups in total. The summed E-state index contributed by atoms with van der Waals surface area (Å²) in [4.78, 5) is 33.3. The molecule has 0 aliphatic carbocycles. The van der Waals surface area contributed by atoms with Crippen LogP contribution in [0.2, 0.25) is 0 Å². The second-order valence-corrected chi connectivity index (χ2v) is 4.69. The van der Waals surface area contributed by atoms with Gasteiger partial charge in [-0.2, -0.15) is 0 Å². The van der Waals surface area contributed by atoms with E-state index in [2.05, 4.69) is 5.32 Å². The summed E-state index contributed by atoms with van der Waals surface area (Å²) in [6.07, 6.45) is -0.468. The highest BCUT2D eigenvalue weighted by Crippen LogP contribution is 2.18. The zero-order chi connectivity index (χ0) is 16.0. The second-order valence-electron chi connectivity index (χ2n) is 4.69. The summed E-state index contributed by atoms with van der Waals surface area (Å²) in [6, 6.07) is 4.20. The molecule has 21 heavy (non-hydrogen) atoms. The van der Waals surface area contributed by atoms with E-state index in [1.165, 1.54) is 0 Å². The summed E-state index contributed by atoms with van der Waals surface area (Å²) in [6.45, 7) is 3.38. The number of primary amides is 1. The average molecular weight is 294 g/mol. The van der Waals surface area contributed by atoms with Crippen molar-refractivity contribution in [2.24, 2.45) is 5.73 Å². The Bertz CT molecular complexity index is 556. The van der Waals surface area contributed by atoms with E-state index in [0.717, 1.165) is 11.1 Å². The smallest absolute Gasteiger partial charge is 0.326 e. The summed E-state index contributed by atoms with van der Waals surface area (Å²) in [7, 11) is 0. The van der Waals surface area contributed by atoms with Crippen molar-refractivity contribution in [3.05, 3.63) is 29.3 Å². The monoisotopic (exact) mass is 294 g/mol. The standard InChI is InChI=1S/C14H18N2O5/c1-8-3-4-9(2)11(5-8)21-7-13(18)16-10(14(19)20)6-12(15)17/h3-5,10H,6-7H2,1-2H3,(H2,15,17)(H,16,18)(H,19,20). The minimum absolute atomic E-state index is 0.340. The third-order valence-electron chi connectivity index (χ3n) is 2.74. The molecule has 0 bridgehead atoms. The first-order valence-corrected chi connectivity index (χ1v) is 6.30. The summed E-state index contributed by atoms with van der Waals surface area (Å²) < 4.78 is 5.34.